The lowest BCUT2D eigenvalue weighted by atomic mass is 9.99. The summed E-state index contributed by atoms with van der Waals surface area (Å²) in [6.45, 7) is 0. The molecule has 0 unspecified atom stereocenters. The Morgan fingerprint density at radius 1 is 0.339 bits per heavy atom. The first-order chi connectivity index (χ1) is 30.7. The molecule has 0 saturated heterocycles. The Kier molecular flexibility index (Phi) is 7.54. The third-order valence-electron chi connectivity index (χ3n) is 12.4. The number of hydrogen-bond donors (Lipinski definition) is 0. The highest BCUT2D eigenvalue weighted by Crippen LogP contribution is 2.43. The SMILES string of the molecule is c1ccc(-c2ccc(-c3cccc(-c4nc(-c5cc6ccccc6c6oc7ccccc7c56)nc(-n5c6ccc7ccccc7c6c6c7ccccc7ccc65)n4)c3)cc2)cc1. The second-order valence-corrected chi connectivity index (χ2v) is 16.0. The van der Waals surface area contributed by atoms with Gasteiger partial charge in [-0.15, -0.1) is 0 Å². The molecule has 0 fully saturated rings. The van der Waals surface area contributed by atoms with Gasteiger partial charge >= 0.3 is 0 Å². The summed E-state index contributed by atoms with van der Waals surface area (Å²) in [5.74, 6) is 1.70. The molecule has 0 spiro atoms. The van der Waals surface area contributed by atoms with Crippen molar-refractivity contribution < 1.29 is 4.42 Å². The van der Waals surface area contributed by atoms with Gasteiger partial charge in [0.2, 0.25) is 5.95 Å². The normalized spacial score (nSPS) is 11.9. The van der Waals surface area contributed by atoms with E-state index in [-0.39, 0.29) is 0 Å². The molecule has 0 N–H and O–H groups in total. The highest BCUT2D eigenvalue weighted by atomic mass is 16.3. The van der Waals surface area contributed by atoms with Crippen LogP contribution in [0.5, 0.6) is 0 Å². The topological polar surface area (TPSA) is 56.7 Å². The average Bonchev–Trinajstić information content (AvgIpc) is 3.91. The van der Waals surface area contributed by atoms with E-state index in [4.69, 9.17) is 19.4 Å². The molecule has 5 nitrogen and oxygen atoms in total. The van der Waals surface area contributed by atoms with Crippen molar-refractivity contribution in [3.8, 4) is 51.0 Å². The van der Waals surface area contributed by atoms with Gasteiger partial charge in [0.25, 0.3) is 0 Å². The van der Waals surface area contributed by atoms with Gasteiger partial charge in [0.05, 0.1) is 11.0 Å². The maximum atomic E-state index is 6.67. The fourth-order valence-electron chi connectivity index (χ4n) is 9.54. The van der Waals surface area contributed by atoms with E-state index in [1.165, 1.54) is 43.4 Å². The maximum Gasteiger partial charge on any atom is 0.238 e. The molecule has 13 rings (SSSR count). The lowest BCUT2D eigenvalue weighted by Crippen LogP contribution is -2.06. The zero-order valence-electron chi connectivity index (χ0n) is 33.3. The fourth-order valence-corrected chi connectivity index (χ4v) is 9.54. The Morgan fingerprint density at radius 2 is 0.871 bits per heavy atom. The van der Waals surface area contributed by atoms with Gasteiger partial charge in [-0.2, -0.15) is 9.97 Å². The number of fused-ring (bicyclic) bond motifs is 12. The molecular weight excluding hydrogens is 757 g/mol. The van der Waals surface area contributed by atoms with Crippen LogP contribution in [-0.2, 0) is 0 Å². The minimum Gasteiger partial charge on any atom is -0.455 e. The van der Waals surface area contributed by atoms with Crippen LogP contribution in [0.4, 0.5) is 0 Å². The lowest BCUT2D eigenvalue weighted by molar-refractivity contribution is 0.672. The summed E-state index contributed by atoms with van der Waals surface area (Å²) in [6, 6.07) is 72.7. The summed E-state index contributed by atoms with van der Waals surface area (Å²) in [7, 11) is 0. The highest BCUT2D eigenvalue weighted by molar-refractivity contribution is 6.28. The zero-order valence-corrected chi connectivity index (χ0v) is 33.3. The highest BCUT2D eigenvalue weighted by Gasteiger charge is 2.23. The number of furan rings is 1. The third kappa shape index (κ3) is 5.32. The first-order valence-electron chi connectivity index (χ1n) is 20.9. The van der Waals surface area contributed by atoms with Crippen LogP contribution in [0.1, 0.15) is 0 Å². The van der Waals surface area contributed by atoms with E-state index < -0.39 is 0 Å². The number of hydrogen-bond acceptors (Lipinski definition) is 4. The molecule has 0 aliphatic carbocycles. The maximum absolute atomic E-state index is 6.67. The van der Waals surface area contributed by atoms with Crippen LogP contribution in [0.3, 0.4) is 0 Å². The van der Waals surface area contributed by atoms with Gasteiger partial charge in [-0.05, 0) is 79.5 Å². The fraction of sp³-hybridized carbons (Fsp3) is 0. The first-order valence-corrected chi connectivity index (χ1v) is 20.9. The van der Waals surface area contributed by atoms with Gasteiger partial charge in [0.15, 0.2) is 11.6 Å². The number of nitrogens with zero attached hydrogens (tertiary/aromatic N) is 4. The van der Waals surface area contributed by atoms with E-state index >= 15 is 0 Å². The van der Waals surface area contributed by atoms with Crippen LogP contribution < -0.4 is 0 Å². The number of para-hydroxylation sites is 1. The molecule has 0 amide bonds. The van der Waals surface area contributed by atoms with E-state index in [2.05, 4.69) is 193 Å². The number of rotatable bonds is 5. The van der Waals surface area contributed by atoms with E-state index in [1.807, 2.05) is 18.2 Å². The van der Waals surface area contributed by atoms with Crippen molar-refractivity contribution in [3.05, 3.63) is 206 Å². The van der Waals surface area contributed by atoms with Gasteiger partial charge in [-0.1, -0.05) is 176 Å². The zero-order chi connectivity index (χ0) is 40.7. The monoisotopic (exact) mass is 790 g/mol. The number of aromatic nitrogens is 4. The summed E-state index contributed by atoms with van der Waals surface area (Å²) < 4.78 is 8.90. The second kappa shape index (κ2) is 13.6. The molecule has 0 atom stereocenters. The summed E-state index contributed by atoms with van der Waals surface area (Å²) in [5, 5.41) is 11.2. The molecule has 5 heteroatoms. The van der Waals surface area contributed by atoms with Gasteiger partial charge in [0.1, 0.15) is 11.2 Å². The van der Waals surface area contributed by atoms with E-state index in [1.54, 1.807) is 0 Å². The predicted octanol–water partition coefficient (Wildman–Crippen LogP) is 15.0. The minimum atomic E-state index is 0.544. The molecule has 3 aromatic heterocycles. The molecule has 3 heterocycles. The summed E-state index contributed by atoms with van der Waals surface area (Å²) in [4.78, 5) is 16.3. The summed E-state index contributed by atoms with van der Waals surface area (Å²) in [6.07, 6.45) is 0. The van der Waals surface area contributed by atoms with Crippen molar-refractivity contribution in [1.29, 1.82) is 0 Å². The van der Waals surface area contributed by atoms with Gasteiger partial charge in [0, 0.05) is 38.1 Å². The van der Waals surface area contributed by atoms with Crippen LogP contribution in [0.15, 0.2) is 211 Å². The van der Waals surface area contributed by atoms with Crippen molar-refractivity contribution in [2.45, 2.75) is 0 Å². The summed E-state index contributed by atoms with van der Waals surface area (Å²) >= 11 is 0. The van der Waals surface area contributed by atoms with Gasteiger partial charge in [-0.3, -0.25) is 4.57 Å². The standard InChI is InChI=1S/C57H34N4O/c1-2-13-35(14-3-1)36-25-27-37(28-26-36)40-18-12-19-42(33-40)55-58-56(47-34-41-17-6-9-22-45(41)54-51(47)46-23-10-11-24-50(46)62-54)60-57(59-55)61-48-31-29-38-15-4-7-20-43(38)52(48)53-44-21-8-5-16-39(44)30-32-49(53)61/h1-34H. The van der Waals surface area contributed by atoms with E-state index in [9.17, 15) is 0 Å². The Labute approximate surface area is 355 Å². The Hall–Kier alpha value is -8.41. The smallest absolute Gasteiger partial charge is 0.238 e. The molecule has 62 heavy (non-hydrogen) atoms. The second-order valence-electron chi connectivity index (χ2n) is 16.0. The molecular formula is C57H34N4O. The lowest BCUT2D eigenvalue weighted by Gasteiger charge is -2.13. The van der Waals surface area contributed by atoms with E-state index in [0.717, 1.165) is 66.0 Å². The largest absolute Gasteiger partial charge is 0.455 e. The van der Waals surface area contributed by atoms with Crippen molar-refractivity contribution in [2.24, 2.45) is 0 Å². The van der Waals surface area contributed by atoms with Crippen LogP contribution in [0.25, 0.3) is 127 Å². The third-order valence-corrected chi connectivity index (χ3v) is 12.4. The average molecular weight is 791 g/mol. The summed E-state index contributed by atoms with van der Waals surface area (Å²) in [5.41, 5.74) is 10.0. The van der Waals surface area contributed by atoms with Gasteiger partial charge in [-0.25, -0.2) is 4.98 Å². The van der Waals surface area contributed by atoms with Crippen molar-refractivity contribution >= 4 is 76.1 Å². The predicted molar refractivity (Wildman–Crippen MR) is 256 cm³/mol. The molecule has 288 valence electrons. The van der Waals surface area contributed by atoms with Crippen LogP contribution in [0, 0.1) is 0 Å². The molecule has 13 aromatic rings. The van der Waals surface area contributed by atoms with Crippen LogP contribution >= 0.6 is 0 Å². The Morgan fingerprint density at radius 3 is 1.58 bits per heavy atom. The minimum absolute atomic E-state index is 0.544. The Balaban J connectivity index is 1.10. The van der Waals surface area contributed by atoms with Gasteiger partial charge < -0.3 is 4.42 Å². The molecule has 0 aliphatic rings. The molecule has 0 saturated carbocycles. The Bertz CT molecular complexity index is 3830. The molecule has 0 radical (unpaired) electrons. The molecule has 0 aliphatic heterocycles. The molecule has 0 bridgehead atoms. The van der Waals surface area contributed by atoms with E-state index in [0.29, 0.717) is 17.6 Å². The first kappa shape index (κ1) is 34.5. The number of benzene rings is 10. The quantitative estimate of drug-likeness (QED) is 0.174. The molecule has 10 aromatic carbocycles. The van der Waals surface area contributed by atoms with Crippen molar-refractivity contribution in [2.75, 3.05) is 0 Å². The van der Waals surface area contributed by atoms with Crippen molar-refractivity contribution in [1.82, 2.24) is 19.5 Å². The van der Waals surface area contributed by atoms with Crippen molar-refractivity contribution in [3.63, 3.8) is 0 Å². The van der Waals surface area contributed by atoms with Crippen LogP contribution in [-0.4, -0.2) is 19.5 Å². The van der Waals surface area contributed by atoms with Crippen LogP contribution in [0.2, 0.25) is 0 Å².